The van der Waals surface area contributed by atoms with Crippen LogP contribution in [0.15, 0.2) is 48.5 Å². The van der Waals surface area contributed by atoms with Gasteiger partial charge < -0.3 is 9.72 Å². The summed E-state index contributed by atoms with van der Waals surface area (Å²) in [6.07, 6.45) is 0.687. The van der Waals surface area contributed by atoms with E-state index in [9.17, 15) is 4.79 Å². The van der Waals surface area contributed by atoms with Crippen molar-refractivity contribution in [2.45, 2.75) is 25.9 Å². The first-order chi connectivity index (χ1) is 12.1. The molecule has 0 spiro atoms. The van der Waals surface area contributed by atoms with Gasteiger partial charge in [-0.15, -0.1) is 0 Å². The molecule has 25 heavy (non-hydrogen) atoms. The number of esters is 1. The van der Waals surface area contributed by atoms with Crippen molar-refractivity contribution in [2.75, 3.05) is 7.11 Å². The molecule has 130 valence electrons. The van der Waals surface area contributed by atoms with Crippen LogP contribution < -0.4 is 5.32 Å². The van der Waals surface area contributed by atoms with Gasteiger partial charge in [0.2, 0.25) is 0 Å². The lowest BCUT2D eigenvalue weighted by atomic mass is 9.99. The smallest absolute Gasteiger partial charge is 0.323 e. The maximum atomic E-state index is 11.5. The lowest BCUT2D eigenvalue weighted by Crippen LogP contribution is -2.42. The van der Waals surface area contributed by atoms with Crippen LogP contribution in [0.4, 0.5) is 0 Å². The molecule has 2 aromatic carbocycles. The van der Waals surface area contributed by atoms with Crippen molar-refractivity contribution in [3.8, 4) is 0 Å². The Morgan fingerprint density at radius 1 is 1.20 bits per heavy atom. The minimum absolute atomic E-state index is 0.194. The Morgan fingerprint density at radius 3 is 2.68 bits per heavy atom. The van der Waals surface area contributed by atoms with E-state index in [0.717, 1.165) is 10.5 Å². The van der Waals surface area contributed by atoms with Crippen LogP contribution in [0.25, 0.3) is 10.9 Å². The summed E-state index contributed by atoms with van der Waals surface area (Å²) in [6.45, 7) is 2.70. The fourth-order valence-corrected chi connectivity index (χ4v) is 3.30. The van der Waals surface area contributed by atoms with Gasteiger partial charge in [0.15, 0.2) is 0 Å². The van der Waals surface area contributed by atoms with Gasteiger partial charge in [0.1, 0.15) is 6.04 Å². The molecule has 2 N–H and O–H groups in total. The summed E-state index contributed by atoms with van der Waals surface area (Å²) < 4.78 is 4.78. The molecule has 0 radical (unpaired) electrons. The second kappa shape index (κ2) is 7.72. The predicted molar refractivity (Wildman–Crippen MR) is 101 cm³/mol. The number of ether oxygens (including phenoxy) is 1. The monoisotopic (exact) mass is 356 g/mol. The van der Waals surface area contributed by atoms with Crippen molar-refractivity contribution < 1.29 is 9.53 Å². The minimum atomic E-state index is -0.230. The average Bonchev–Trinajstić information content (AvgIpc) is 2.99. The molecule has 1 aromatic heterocycles. The Kier molecular flexibility index (Phi) is 5.41. The number of aromatic nitrogens is 1. The van der Waals surface area contributed by atoms with Crippen LogP contribution in [-0.4, -0.2) is 24.1 Å². The van der Waals surface area contributed by atoms with Crippen molar-refractivity contribution in [2.24, 2.45) is 0 Å². The third-order valence-electron chi connectivity index (χ3n) is 4.30. The second-order valence-corrected chi connectivity index (χ2v) is 6.52. The highest BCUT2D eigenvalue weighted by molar-refractivity contribution is 6.30. The molecule has 0 aliphatic carbocycles. The predicted octanol–water partition coefficient (Wildman–Crippen LogP) is 4.00. The SMILES string of the molecule is COC(=O)C1Cc2c([nH]c3ccccc23)CN1.Cc1cccc(Cl)c1. The van der Waals surface area contributed by atoms with E-state index in [2.05, 4.69) is 22.4 Å². The van der Waals surface area contributed by atoms with Gasteiger partial charge in [-0.1, -0.05) is 41.9 Å². The van der Waals surface area contributed by atoms with Crippen LogP contribution in [0, 0.1) is 6.92 Å². The quantitative estimate of drug-likeness (QED) is 0.648. The number of halogens is 1. The fraction of sp³-hybridized carbons (Fsp3) is 0.250. The Morgan fingerprint density at radius 2 is 2.00 bits per heavy atom. The minimum Gasteiger partial charge on any atom is -0.468 e. The number of nitrogens with one attached hydrogen (secondary N) is 2. The lowest BCUT2D eigenvalue weighted by molar-refractivity contribution is -0.143. The highest BCUT2D eigenvalue weighted by Gasteiger charge is 2.27. The van der Waals surface area contributed by atoms with E-state index in [1.54, 1.807) is 0 Å². The standard InChI is InChI=1S/C13H14N2O2.C7H7Cl/c1-17-13(16)11-6-9-8-4-2-3-5-10(8)15-12(9)7-14-11;1-6-3-2-4-7(8)5-6/h2-5,11,14-15H,6-7H2,1H3;2-5H,1H3. The fourth-order valence-electron chi connectivity index (χ4n) is 3.06. The number of methoxy groups -OCH3 is 1. The van der Waals surface area contributed by atoms with Crippen molar-refractivity contribution in [1.82, 2.24) is 10.3 Å². The Hall–Kier alpha value is -2.30. The first-order valence-electron chi connectivity index (χ1n) is 8.20. The molecule has 0 bridgehead atoms. The van der Waals surface area contributed by atoms with Gasteiger partial charge in [-0.3, -0.25) is 10.1 Å². The van der Waals surface area contributed by atoms with Crippen LogP contribution in [-0.2, 0) is 22.5 Å². The maximum Gasteiger partial charge on any atom is 0.323 e. The van der Waals surface area contributed by atoms with Crippen LogP contribution >= 0.6 is 11.6 Å². The summed E-state index contributed by atoms with van der Waals surface area (Å²) >= 11 is 5.64. The zero-order valence-corrected chi connectivity index (χ0v) is 15.1. The third kappa shape index (κ3) is 4.03. The van der Waals surface area contributed by atoms with Gasteiger partial charge in [-0.25, -0.2) is 0 Å². The van der Waals surface area contributed by atoms with E-state index < -0.39 is 0 Å². The van der Waals surface area contributed by atoms with E-state index in [4.69, 9.17) is 16.3 Å². The van der Waals surface area contributed by atoms with Crippen molar-refractivity contribution in [1.29, 1.82) is 0 Å². The molecule has 3 aromatic rings. The van der Waals surface area contributed by atoms with E-state index in [-0.39, 0.29) is 12.0 Å². The Labute approximate surface area is 152 Å². The summed E-state index contributed by atoms with van der Waals surface area (Å²) in [5.41, 5.74) is 4.74. The highest BCUT2D eigenvalue weighted by Crippen LogP contribution is 2.26. The molecule has 4 nitrogen and oxygen atoms in total. The number of hydrogen-bond donors (Lipinski definition) is 2. The largest absolute Gasteiger partial charge is 0.468 e. The van der Waals surface area contributed by atoms with Crippen molar-refractivity contribution in [3.05, 3.63) is 70.4 Å². The number of H-pyrrole nitrogens is 1. The molecular weight excluding hydrogens is 336 g/mol. The van der Waals surface area contributed by atoms with Crippen LogP contribution in [0.2, 0.25) is 5.02 Å². The van der Waals surface area contributed by atoms with Crippen molar-refractivity contribution >= 4 is 28.5 Å². The van der Waals surface area contributed by atoms with Gasteiger partial charge in [-0.05, 0) is 36.2 Å². The number of carbonyl (C=O) groups is 1. The molecular formula is C20H21ClN2O2. The molecule has 1 aliphatic heterocycles. The van der Waals surface area contributed by atoms with Gasteiger partial charge in [0.25, 0.3) is 0 Å². The summed E-state index contributed by atoms with van der Waals surface area (Å²) in [4.78, 5) is 14.9. The number of rotatable bonds is 1. The van der Waals surface area contributed by atoms with E-state index in [1.807, 2.05) is 43.3 Å². The Balaban J connectivity index is 0.000000192. The first kappa shape index (κ1) is 17.5. The number of hydrogen-bond acceptors (Lipinski definition) is 3. The average molecular weight is 357 g/mol. The zero-order valence-electron chi connectivity index (χ0n) is 14.3. The molecule has 1 aliphatic rings. The number of fused-ring (bicyclic) bond motifs is 3. The van der Waals surface area contributed by atoms with Crippen LogP contribution in [0.1, 0.15) is 16.8 Å². The number of aromatic amines is 1. The number of carbonyl (C=O) groups excluding carboxylic acids is 1. The van der Waals surface area contributed by atoms with Gasteiger partial charge in [0.05, 0.1) is 7.11 Å². The molecule has 0 saturated carbocycles. The molecule has 0 amide bonds. The molecule has 1 unspecified atom stereocenters. The number of aryl methyl sites for hydroxylation is 1. The lowest BCUT2D eigenvalue weighted by Gasteiger charge is -2.21. The van der Waals surface area contributed by atoms with Crippen LogP contribution in [0.3, 0.4) is 0 Å². The molecule has 2 heterocycles. The summed E-state index contributed by atoms with van der Waals surface area (Å²) in [7, 11) is 1.43. The normalized spacial score (nSPS) is 15.9. The number of para-hydroxylation sites is 1. The van der Waals surface area contributed by atoms with E-state index in [0.29, 0.717) is 13.0 Å². The summed E-state index contributed by atoms with van der Waals surface area (Å²) in [5.74, 6) is -0.194. The highest BCUT2D eigenvalue weighted by atomic mass is 35.5. The zero-order chi connectivity index (χ0) is 17.8. The molecule has 0 fully saturated rings. The number of benzene rings is 2. The van der Waals surface area contributed by atoms with Gasteiger partial charge in [-0.2, -0.15) is 0 Å². The second-order valence-electron chi connectivity index (χ2n) is 6.09. The summed E-state index contributed by atoms with van der Waals surface area (Å²) in [5, 5.41) is 5.20. The molecule has 5 heteroatoms. The topological polar surface area (TPSA) is 54.1 Å². The van der Waals surface area contributed by atoms with Gasteiger partial charge in [0, 0.05) is 34.6 Å². The maximum absolute atomic E-state index is 11.5. The molecule has 1 atom stereocenters. The van der Waals surface area contributed by atoms with E-state index in [1.165, 1.54) is 29.3 Å². The van der Waals surface area contributed by atoms with Gasteiger partial charge >= 0.3 is 5.97 Å². The third-order valence-corrected chi connectivity index (χ3v) is 4.54. The summed E-state index contributed by atoms with van der Waals surface area (Å²) in [6, 6.07) is 15.7. The van der Waals surface area contributed by atoms with E-state index >= 15 is 0 Å². The first-order valence-corrected chi connectivity index (χ1v) is 8.58. The van der Waals surface area contributed by atoms with Crippen LogP contribution in [0.5, 0.6) is 0 Å². The Bertz CT molecular complexity index is 871. The molecule has 0 saturated heterocycles. The van der Waals surface area contributed by atoms with Crippen molar-refractivity contribution in [3.63, 3.8) is 0 Å². The molecule has 4 rings (SSSR count).